The Bertz CT molecular complexity index is 865. The van der Waals surface area contributed by atoms with Crippen LogP contribution in [0.15, 0.2) is 30.5 Å². The largest absolute Gasteiger partial charge is 0.365 e. The molecule has 0 saturated carbocycles. The van der Waals surface area contributed by atoms with Crippen molar-refractivity contribution in [3.8, 4) is 6.07 Å². The molecule has 146 valence electrons. The minimum atomic E-state index is -0.341. The number of nitriles is 1. The number of aromatic nitrogens is 2. The van der Waals surface area contributed by atoms with Gasteiger partial charge in [-0.15, -0.1) is 0 Å². The highest BCUT2D eigenvalue weighted by Crippen LogP contribution is 2.26. The summed E-state index contributed by atoms with van der Waals surface area (Å²) in [7, 11) is 2.13. The van der Waals surface area contributed by atoms with Crippen molar-refractivity contribution in [1.29, 1.82) is 5.26 Å². The van der Waals surface area contributed by atoms with Crippen molar-refractivity contribution in [3.05, 3.63) is 41.8 Å². The van der Waals surface area contributed by atoms with Crippen LogP contribution in [0.1, 0.15) is 5.56 Å². The molecule has 0 amide bonds. The normalized spacial score (nSPS) is 18.2. The molecule has 0 aliphatic carbocycles. The Morgan fingerprint density at radius 2 is 1.61 bits per heavy atom. The van der Waals surface area contributed by atoms with E-state index in [1.807, 2.05) is 17.2 Å². The van der Waals surface area contributed by atoms with E-state index in [1.54, 1.807) is 12.1 Å². The third kappa shape index (κ3) is 3.71. The van der Waals surface area contributed by atoms with Gasteiger partial charge < -0.3 is 19.6 Å². The molecule has 0 spiro atoms. The molecule has 1 aromatic carbocycles. The molecule has 28 heavy (non-hydrogen) atoms. The van der Waals surface area contributed by atoms with Gasteiger partial charge in [-0.2, -0.15) is 10.2 Å². The van der Waals surface area contributed by atoms with E-state index in [1.165, 1.54) is 6.07 Å². The fourth-order valence-electron chi connectivity index (χ4n) is 3.76. The highest BCUT2D eigenvalue weighted by Gasteiger charge is 2.24. The number of piperazine rings is 2. The number of likely N-dealkylation sites (N-methyl/N-ethyl adjacent to an activating group) is 1. The summed E-state index contributed by atoms with van der Waals surface area (Å²) in [4.78, 5) is 17.9. The van der Waals surface area contributed by atoms with Crippen LogP contribution in [0.2, 0.25) is 0 Å². The van der Waals surface area contributed by atoms with Crippen molar-refractivity contribution < 1.29 is 4.39 Å². The maximum absolute atomic E-state index is 14.3. The number of rotatable bonds is 3. The SMILES string of the molecule is CN1CCN(c2nccc(N3CCN(c4c(F)cccc4C#N)CC3)n2)CC1. The Morgan fingerprint density at radius 1 is 0.929 bits per heavy atom. The van der Waals surface area contributed by atoms with Crippen molar-refractivity contribution in [3.63, 3.8) is 0 Å². The fourth-order valence-corrected chi connectivity index (χ4v) is 3.76. The van der Waals surface area contributed by atoms with Crippen LogP contribution in [0, 0.1) is 17.1 Å². The molecule has 0 bridgehead atoms. The molecule has 0 radical (unpaired) electrons. The van der Waals surface area contributed by atoms with E-state index in [0.717, 1.165) is 51.0 Å². The van der Waals surface area contributed by atoms with Crippen LogP contribution in [-0.4, -0.2) is 74.3 Å². The molecule has 2 aliphatic heterocycles. The van der Waals surface area contributed by atoms with E-state index in [4.69, 9.17) is 4.98 Å². The zero-order valence-corrected chi connectivity index (χ0v) is 16.1. The van der Waals surface area contributed by atoms with Gasteiger partial charge in [0.15, 0.2) is 0 Å². The molecule has 0 N–H and O–H groups in total. The molecule has 8 heteroatoms. The summed E-state index contributed by atoms with van der Waals surface area (Å²) in [6, 6.07) is 8.68. The average Bonchev–Trinajstić information content (AvgIpc) is 2.74. The van der Waals surface area contributed by atoms with Crippen LogP contribution in [0.25, 0.3) is 0 Å². The van der Waals surface area contributed by atoms with Gasteiger partial charge >= 0.3 is 0 Å². The Labute approximate surface area is 164 Å². The predicted octanol–water partition coefficient (Wildman–Crippen LogP) is 1.57. The summed E-state index contributed by atoms with van der Waals surface area (Å²) in [5.74, 6) is 1.33. The lowest BCUT2D eigenvalue weighted by molar-refractivity contribution is 0.311. The number of hydrogen-bond donors (Lipinski definition) is 0. The number of hydrogen-bond acceptors (Lipinski definition) is 7. The molecule has 3 heterocycles. The lowest BCUT2D eigenvalue weighted by Crippen LogP contribution is -2.48. The maximum Gasteiger partial charge on any atom is 0.227 e. The summed E-state index contributed by atoms with van der Waals surface area (Å²) in [5.41, 5.74) is 0.790. The van der Waals surface area contributed by atoms with E-state index in [-0.39, 0.29) is 5.82 Å². The number of benzene rings is 1. The third-order valence-electron chi connectivity index (χ3n) is 5.44. The Balaban J connectivity index is 1.45. The monoisotopic (exact) mass is 381 g/mol. The van der Waals surface area contributed by atoms with Crippen LogP contribution in [0.4, 0.5) is 21.8 Å². The van der Waals surface area contributed by atoms with E-state index < -0.39 is 0 Å². The summed E-state index contributed by atoms with van der Waals surface area (Å²) < 4.78 is 14.3. The van der Waals surface area contributed by atoms with Crippen LogP contribution in [0.5, 0.6) is 0 Å². The van der Waals surface area contributed by atoms with Gasteiger partial charge in [0, 0.05) is 58.6 Å². The van der Waals surface area contributed by atoms with Gasteiger partial charge in [-0.05, 0) is 25.2 Å². The second kappa shape index (κ2) is 7.98. The summed E-state index contributed by atoms with van der Waals surface area (Å²) in [5, 5.41) is 9.30. The van der Waals surface area contributed by atoms with E-state index >= 15 is 0 Å². The van der Waals surface area contributed by atoms with Gasteiger partial charge in [0.25, 0.3) is 0 Å². The van der Waals surface area contributed by atoms with Crippen molar-refractivity contribution >= 4 is 17.5 Å². The maximum atomic E-state index is 14.3. The topological polar surface area (TPSA) is 62.5 Å². The standard InChI is InChI=1S/C20H24FN7/c1-25-7-9-28(10-8-25)20-23-6-5-18(24-20)26-11-13-27(14-12-26)19-16(15-22)3-2-4-17(19)21/h2-6H,7-14H2,1H3. The smallest absolute Gasteiger partial charge is 0.227 e. The van der Waals surface area contributed by atoms with Gasteiger partial charge in [-0.25, -0.2) is 9.37 Å². The van der Waals surface area contributed by atoms with E-state index in [0.29, 0.717) is 24.3 Å². The molecular weight excluding hydrogens is 357 g/mol. The molecule has 2 fully saturated rings. The number of nitrogens with zero attached hydrogens (tertiary/aromatic N) is 7. The molecule has 1 aromatic heterocycles. The van der Waals surface area contributed by atoms with Crippen LogP contribution >= 0.6 is 0 Å². The second-order valence-corrected chi connectivity index (χ2v) is 7.23. The van der Waals surface area contributed by atoms with Gasteiger partial charge in [0.1, 0.15) is 17.7 Å². The molecule has 4 rings (SSSR count). The van der Waals surface area contributed by atoms with Gasteiger partial charge in [-0.3, -0.25) is 0 Å². The lowest BCUT2D eigenvalue weighted by Gasteiger charge is -2.37. The first-order valence-corrected chi connectivity index (χ1v) is 9.61. The molecule has 2 saturated heterocycles. The quantitative estimate of drug-likeness (QED) is 0.800. The number of para-hydroxylation sites is 1. The fraction of sp³-hybridized carbons (Fsp3) is 0.450. The summed E-state index contributed by atoms with van der Waals surface area (Å²) >= 11 is 0. The average molecular weight is 381 g/mol. The minimum Gasteiger partial charge on any atom is -0.365 e. The highest BCUT2D eigenvalue weighted by atomic mass is 19.1. The van der Waals surface area contributed by atoms with Crippen molar-refractivity contribution in [2.45, 2.75) is 0 Å². The van der Waals surface area contributed by atoms with E-state index in [9.17, 15) is 9.65 Å². The van der Waals surface area contributed by atoms with Crippen molar-refractivity contribution in [1.82, 2.24) is 14.9 Å². The van der Waals surface area contributed by atoms with Gasteiger partial charge in [0.05, 0.1) is 11.3 Å². The number of halogens is 1. The van der Waals surface area contributed by atoms with Crippen LogP contribution < -0.4 is 14.7 Å². The van der Waals surface area contributed by atoms with Crippen LogP contribution in [0.3, 0.4) is 0 Å². The van der Waals surface area contributed by atoms with Gasteiger partial charge in [0.2, 0.25) is 5.95 Å². The Hall–Kier alpha value is -2.92. The third-order valence-corrected chi connectivity index (χ3v) is 5.44. The molecular formula is C20H24FN7. The number of anilines is 3. The first kappa shape index (κ1) is 18.4. The molecule has 0 unspecified atom stereocenters. The van der Waals surface area contributed by atoms with E-state index in [2.05, 4.69) is 32.8 Å². The lowest BCUT2D eigenvalue weighted by atomic mass is 10.1. The molecule has 7 nitrogen and oxygen atoms in total. The van der Waals surface area contributed by atoms with Crippen molar-refractivity contribution in [2.24, 2.45) is 0 Å². The molecule has 2 aromatic rings. The van der Waals surface area contributed by atoms with Crippen molar-refractivity contribution in [2.75, 3.05) is 74.1 Å². The first-order valence-electron chi connectivity index (χ1n) is 9.61. The molecule has 2 aliphatic rings. The Morgan fingerprint density at radius 3 is 2.32 bits per heavy atom. The molecule has 0 atom stereocenters. The second-order valence-electron chi connectivity index (χ2n) is 7.23. The summed E-state index contributed by atoms with van der Waals surface area (Å²) in [6.07, 6.45) is 1.81. The first-order chi connectivity index (χ1) is 13.7. The predicted molar refractivity (Wildman–Crippen MR) is 107 cm³/mol. The minimum absolute atomic E-state index is 0.341. The van der Waals surface area contributed by atoms with Gasteiger partial charge in [-0.1, -0.05) is 6.07 Å². The highest BCUT2D eigenvalue weighted by molar-refractivity contribution is 5.61. The summed E-state index contributed by atoms with van der Waals surface area (Å²) in [6.45, 7) is 6.60. The zero-order chi connectivity index (χ0) is 19.5. The van der Waals surface area contributed by atoms with Crippen LogP contribution in [-0.2, 0) is 0 Å². The zero-order valence-electron chi connectivity index (χ0n) is 16.1. The Kier molecular flexibility index (Phi) is 5.26.